The quantitative estimate of drug-likeness (QED) is 0.820. The largest absolute Gasteiger partial charge is 0.395 e. The summed E-state index contributed by atoms with van der Waals surface area (Å²) in [7, 11) is 0. The maximum Gasteiger partial charge on any atom is 0.106 e. The highest BCUT2D eigenvalue weighted by molar-refractivity contribution is 7.16. The lowest BCUT2D eigenvalue weighted by Gasteiger charge is -2.43. The first-order valence-corrected chi connectivity index (χ1v) is 7.96. The van der Waals surface area contributed by atoms with Crippen molar-refractivity contribution in [3.8, 4) is 0 Å². The van der Waals surface area contributed by atoms with Crippen LogP contribution in [0.2, 0.25) is 0 Å². The van der Waals surface area contributed by atoms with Gasteiger partial charge in [0.2, 0.25) is 0 Å². The van der Waals surface area contributed by atoms with Gasteiger partial charge in [-0.15, -0.1) is 11.3 Å². The Morgan fingerprint density at radius 3 is 2.50 bits per heavy atom. The summed E-state index contributed by atoms with van der Waals surface area (Å²) in [5.41, 5.74) is 11.3. The molecule has 1 aromatic heterocycles. The Bertz CT molecular complexity index is 606. The van der Waals surface area contributed by atoms with Gasteiger partial charge in [0.25, 0.3) is 0 Å². The molecule has 0 amide bonds. The number of hydrogen-bond acceptors (Lipinski definition) is 5. The summed E-state index contributed by atoms with van der Waals surface area (Å²) in [5.74, 6) is 0. The van der Waals surface area contributed by atoms with Crippen LogP contribution in [0, 0.1) is 0 Å². The number of fused-ring (bicyclic) bond motifs is 1. The number of piperazine rings is 1. The molecule has 1 aliphatic rings. The molecule has 2 heterocycles. The Morgan fingerprint density at radius 2 is 1.85 bits per heavy atom. The molecule has 0 spiro atoms. The molecule has 0 aliphatic carbocycles. The zero-order chi connectivity index (χ0) is 14.3. The molecule has 0 radical (unpaired) electrons. The predicted molar refractivity (Wildman–Crippen MR) is 87.6 cm³/mol. The molecule has 0 unspecified atom stereocenters. The molecule has 0 saturated carbocycles. The number of aromatic nitrogens is 1. The lowest BCUT2D eigenvalue weighted by atomic mass is 10.0. The Morgan fingerprint density at radius 1 is 1.15 bits per heavy atom. The van der Waals surface area contributed by atoms with Crippen molar-refractivity contribution in [2.45, 2.75) is 26.3 Å². The molecule has 1 aromatic carbocycles. The molecule has 0 bridgehead atoms. The van der Waals surface area contributed by atoms with Crippen molar-refractivity contribution in [1.29, 1.82) is 0 Å². The van der Waals surface area contributed by atoms with Crippen molar-refractivity contribution in [2.75, 3.05) is 36.8 Å². The third-order valence-electron chi connectivity index (χ3n) is 4.09. The number of nitrogens with zero attached hydrogens (tertiary/aromatic N) is 3. The lowest BCUT2D eigenvalue weighted by molar-refractivity contribution is 0.128. The third-order valence-corrected chi connectivity index (χ3v) is 4.88. The van der Waals surface area contributed by atoms with E-state index in [1.165, 1.54) is 4.70 Å². The fourth-order valence-corrected chi connectivity index (χ4v) is 3.53. The summed E-state index contributed by atoms with van der Waals surface area (Å²) in [4.78, 5) is 9.30. The fraction of sp³-hybridized carbons (Fsp3) is 0.533. The van der Waals surface area contributed by atoms with Gasteiger partial charge in [-0.25, -0.2) is 4.98 Å². The molecular weight excluding hydrogens is 268 g/mol. The van der Waals surface area contributed by atoms with Crippen LogP contribution in [-0.2, 0) is 0 Å². The second-order valence-corrected chi connectivity index (χ2v) is 7.23. The first-order valence-electron chi connectivity index (χ1n) is 7.08. The van der Waals surface area contributed by atoms with E-state index >= 15 is 0 Å². The number of benzene rings is 1. The van der Waals surface area contributed by atoms with Gasteiger partial charge < -0.3 is 10.6 Å². The third kappa shape index (κ3) is 2.36. The molecule has 108 valence electrons. The van der Waals surface area contributed by atoms with Crippen LogP contribution >= 0.6 is 11.3 Å². The Balaban J connectivity index is 1.81. The molecule has 1 aliphatic heterocycles. The number of anilines is 2. The van der Waals surface area contributed by atoms with Crippen LogP contribution in [0.5, 0.6) is 0 Å². The van der Waals surface area contributed by atoms with Gasteiger partial charge in [-0.3, -0.25) is 4.90 Å². The molecule has 1 fully saturated rings. The summed E-state index contributed by atoms with van der Waals surface area (Å²) in [6.07, 6.45) is 0. The predicted octanol–water partition coefficient (Wildman–Crippen LogP) is 2.80. The molecule has 1 saturated heterocycles. The van der Waals surface area contributed by atoms with Crippen LogP contribution in [0.1, 0.15) is 20.8 Å². The molecule has 0 atom stereocenters. The molecule has 3 rings (SSSR count). The monoisotopic (exact) mass is 290 g/mol. The maximum atomic E-state index is 6.30. The van der Waals surface area contributed by atoms with E-state index in [0.29, 0.717) is 0 Å². The smallest absolute Gasteiger partial charge is 0.106 e. The van der Waals surface area contributed by atoms with E-state index in [0.717, 1.165) is 43.1 Å². The van der Waals surface area contributed by atoms with E-state index in [2.05, 4.69) is 47.7 Å². The van der Waals surface area contributed by atoms with Crippen molar-refractivity contribution in [3.63, 3.8) is 0 Å². The Hall–Kier alpha value is -1.33. The summed E-state index contributed by atoms with van der Waals surface area (Å²) >= 11 is 1.64. The first kappa shape index (κ1) is 13.6. The van der Waals surface area contributed by atoms with Crippen molar-refractivity contribution in [2.24, 2.45) is 0 Å². The van der Waals surface area contributed by atoms with E-state index in [1.807, 2.05) is 5.51 Å². The zero-order valence-corrected chi connectivity index (χ0v) is 13.2. The number of thiazole rings is 1. The van der Waals surface area contributed by atoms with E-state index in [1.54, 1.807) is 11.3 Å². The van der Waals surface area contributed by atoms with Crippen molar-refractivity contribution >= 4 is 32.9 Å². The lowest BCUT2D eigenvalue weighted by Crippen LogP contribution is -2.53. The van der Waals surface area contributed by atoms with Gasteiger partial charge in [0.05, 0.1) is 21.6 Å². The number of rotatable bonds is 1. The maximum absolute atomic E-state index is 6.30. The second kappa shape index (κ2) is 4.90. The van der Waals surface area contributed by atoms with Crippen molar-refractivity contribution in [3.05, 3.63) is 17.6 Å². The first-order chi connectivity index (χ1) is 9.47. The van der Waals surface area contributed by atoms with Crippen molar-refractivity contribution in [1.82, 2.24) is 9.88 Å². The van der Waals surface area contributed by atoms with Gasteiger partial charge in [-0.2, -0.15) is 0 Å². The van der Waals surface area contributed by atoms with E-state index < -0.39 is 0 Å². The Kier molecular flexibility index (Phi) is 3.34. The van der Waals surface area contributed by atoms with Crippen LogP contribution in [0.4, 0.5) is 11.4 Å². The SMILES string of the molecule is CC(C)(C)N1CCN(c2ccc3scnc3c2N)CC1. The van der Waals surface area contributed by atoms with Crippen LogP contribution in [0.15, 0.2) is 17.6 Å². The zero-order valence-electron chi connectivity index (χ0n) is 12.4. The molecular formula is C15H22N4S. The number of nitrogens with two attached hydrogens (primary N) is 1. The van der Waals surface area contributed by atoms with Crippen LogP contribution in [0.25, 0.3) is 10.2 Å². The highest BCUT2D eigenvalue weighted by Crippen LogP contribution is 2.33. The average molecular weight is 290 g/mol. The summed E-state index contributed by atoms with van der Waals surface area (Å²) in [6, 6.07) is 4.28. The molecule has 2 N–H and O–H groups in total. The van der Waals surface area contributed by atoms with Gasteiger partial charge in [0.15, 0.2) is 0 Å². The average Bonchev–Trinajstić information content (AvgIpc) is 2.88. The van der Waals surface area contributed by atoms with E-state index in [-0.39, 0.29) is 5.54 Å². The molecule has 5 heteroatoms. The van der Waals surface area contributed by atoms with Gasteiger partial charge in [-0.1, -0.05) is 0 Å². The fourth-order valence-electron chi connectivity index (χ4n) is 2.84. The van der Waals surface area contributed by atoms with Crippen LogP contribution in [0.3, 0.4) is 0 Å². The second-order valence-electron chi connectivity index (χ2n) is 6.34. The Labute approximate surface area is 124 Å². The summed E-state index contributed by atoms with van der Waals surface area (Å²) in [6.45, 7) is 11.0. The molecule has 2 aromatic rings. The number of nitrogen functional groups attached to an aromatic ring is 1. The minimum absolute atomic E-state index is 0.247. The van der Waals surface area contributed by atoms with Gasteiger partial charge in [0, 0.05) is 31.7 Å². The topological polar surface area (TPSA) is 45.4 Å². The summed E-state index contributed by atoms with van der Waals surface area (Å²) in [5, 5.41) is 0. The molecule has 20 heavy (non-hydrogen) atoms. The van der Waals surface area contributed by atoms with Crippen molar-refractivity contribution < 1.29 is 0 Å². The standard InChI is InChI=1S/C15H22N4S/c1-15(2,3)19-8-6-18(7-9-19)11-4-5-12-14(13(11)16)17-10-20-12/h4-5,10H,6-9,16H2,1-3H3. The highest BCUT2D eigenvalue weighted by atomic mass is 32.1. The summed E-state index contributed by atoms with van der Waals surface area (Å²) < 4.78 is 1.17. The minimum atomic E-state index is 0.247. The van der Waals surface area contributed by atoms with Gasteiger partial charge in [0.1, 0.15) is 5.52 Å². The van der Waals surface area contributed by atoms with Gasteiger partial charge >= 0.3 is 0 Å². The minimum Gasteiger partial charge on any atom is -0.395 e. The van der Waals surface area contributed by atoms with Crippen LogP contribution in [-0.4, -0.2) is 41.6 Å². The van der Waals surface area contributed by atoms with Crippen LogP contribution < -0.4 is 10.6 Å². The highest BCUT2D eigenvalue weighted by Gasteiger charge is 2.26. The normalized spacial score (nSPS) is 17.9. The van der Waals surface area contributed by atoms with Gasteiger partial charge in [-0.05, 0) is 32.9 Å². The van der Waals surface area contributed by atoms with E-state index in [9.17, 15) is 0 Å². The number of hydrogen-bond donors (Lipinski definition) is 1. The molecule has 4 nitrogen and oxygen atoms in total. The van der Waals surface area contributed by atoms with E-state index in [4.69, 9.17) is 5.73 Å².